The van der Waals surface area contributed by atoms with Crippen LogP contribution < -0.4 is 11.1 Å². The number of hydrogen-bond acceptors (Lipinski definition) is 15. The van der Waals surface area contributed by atoms with Gasteiger partial charge in [-0.25, -0.2) is 9.59 Å². The van der Waals surface area contributed by atoms with Gasteiger partial charge in [-0.2, -0.15) is 0 Å². The van der Waals surface area contributed by atoms with Gasteiger partial charge in [0, 0.05) is 59.0 Å². The monoisotopic (exact) mass is 1640 g/mol. The van der Waals surface area contributed by atoms with Crippen molar-refractivity contribution in [2.45, 2.75) is 163 Å². The number of nitrogens with two attached hydrogens (primary N) is 1. The maximum absolute atomic E-state index is 12.5. The van der Waals surface area contributed by atoms with Crippen LogP contribution in [0.4, 0.5) is 0 Å². The summed E-state index contributed by atoms with van der Waals surface area (Å²) >= 11 is 9.53. The topological polar surface area (TPSA) is 332 Å². The third-order valence-corrected chi connectivity index (χ3v) is 17.8. The quantitative estimate of drug-likeness (QED) is 0.00806. The summed E-state index contributed by atoms with van der Waals surface area (Å²) in [5, 5.41) is 98.9. The Bertz CT molecular complexity index is 4180. The average Bonchev–Trinajstić information content (AvgIpc) is 0.782. The van der Waals surface area contributed by atoms with Crippen molar-refractivity contribution in [1.82, 2.24) is 15.1 Å². The molecule has 628 valence electrons. The number of aliphatic carboxylic acids is 4. The van der Waals surface area contributed by atoms with Crippen molar-refractivity contribution in [3.63, 3.8) is 0 Å². The Balaban J connectivity index is 0.00000144. The summed E-state index contributed by atoms with van der Waals surface area (Å²) in [5.41, 5.74) is 11.4. The van der Waals surface area contributed by atoms with Gasteiger partial charge in [0.15, 0.2) is 0 Å². The summed E-state index contributed by atoms with van der Waals surface area (Å²) in [6, 6.07) is 98.2. The number of hydrogen-bond donors (Lipinski definition) is 12. The molecule has 7 atom stereocenters. The molecule has 0 saturated heterocycles. The molecule has 19 nitrogen and oxygen atoms in total. The van der Waals surface area contributed by atoms with Gasteiger partial charge in [0.05, 0.1) is 17.5 Å². The number of nitrogens with one attached hydrogen (secondary N) is 1. The van der Waals surface area contributed by atoms with Crippen LogP contribution in [0, 0.1) is 0 Å². The fourth-order valence-corrected chi connectivity index (χ4v) is 11.1. The Hall–Kier alpha value is -10.5. The number of nitrogens with zero attached hydrogens (tertiary/aromatic N) is 2. The first-order valence-electron chi connectivity index (χ1n) is 36.5. The van der Waals surface area contributed by atoms with E-state index in [1.54, 1.807) is 42.2 Å². The lowest BCUT2D eigenvalue weighted by molar-refractivity contribution is -0.168. The molecule has 0 saturated carbocycles. The van der Waals surface area contributed by atoms with Crippen LogP contribution in [0.5, 0.6) is 0 Å². The molecule has 10 aromatic carbocycles. The van der Waals surface area contributed by atoms with Gasteiger partial charge in [-0.15, -0.1) is 23.2 Å². The Labute approximate surface area is 703 Å². The van der Waals surface area contributed by atoms with Gasteiger partial charge in [0.2, 0.25) is 5.78 Å². The highest BCUT2D eigenvalue weighted by molar-refractivity contribution is 6.47. The van der Waals surface area contributed by atoms with Crippen molar-refractivity contribution in [2.24, 2.45) is 5.73 Å². The summed E-state index contributed by atoms with van der Waals surface area (Å²) in [6.07, 6.45) is 1.80. The van der Waals surface area contributed by atoms with Gasteiger partial charge in [-0.1, -0.05) is 357 Å². The van der Waals surface area contributed by atoms with Crippen LogP contribution in [0.15, 0.2) is 328 Å². The fraction of sp³-hybridized carbons (Fsp3) is 0.274. The van der Waals surface area contributed by atoms with E-state index in [0.29, 0.717) is 32.6 Å². The standard InChI is InChI=1S/C26H29NO4.C26H27NO2.C14H15N.C12H17NO4.C9H11BO2.C3H4O3.CH2Cl2.4CH4/c1-26(25(30)31,24(29)23(28)17-20-11-5-2-6-12-20)27(18-21-13-7-3-8-14-21)19-22-15-9-4-10-16-22;1-26(25(28)29,19-11-18-22-12-5-2-6-13-22)27(20-23-14-7-3-8-15-23)21-24-16-9-4-10-17-24;1-3-7-13(8-4-1)11-15-12-14-9-5-2-6-10-14;1-12(13,11(16)17)10(15)9(14)7-8-5-3-2-4-6-8;11-10(12)8-4-7-9-5-2-1-3-6-9;1-2(4)3(5)6;2-1-3;;;;/h2-16,23-24,28-29H,17-19H2,1H3,(H,30,31);2-17,19H,18,20-21H2,1H3,(H,28,29);1-10,15H,11-12H2;2-6,9-10,14-15H,7,13H2,1H3,(H,16,17);1-6,8,11-12H,7H2;1H3,(H,5,6);1H2;4*1H4/b;19-11+;;;8-4+;;;;;;/t23-,24+,26?;;;9-,10+,12?;;;;;;;/m1..1......./s1. The molecule has 10 aromatic rings. The normalized spacial score (nSPS) is 12.9. The molecule has 0 radical (unpaired) electrons. The summed E-state index contributed by atoms with van der Waals surface area (Å²) in [4.78, 5) is 58.4. The van der Waals surface area contributed by atoms with Gasteiger partial charge in [-0.05, 0) is 89.2 Å². The first kappa shape index (κ1) is 106. The number of carbonyl (C=O) groups is 5. The third kappa shape index (κ3) is 40.7. The smallest absolute Gasteiger partial charge is 0.480 e. The fourth-order valence-electron chi connectivity index (χ4n) is 11.1. The lowest BCUT2D eigenvalue weighted by Gasteiger charge is -2.42. The number of alkyl halides is 2. The van der Waals surface area contributed by atoms with Crippen molar-refractivity contribution >= 4 is 60.0 Å². The van der Waals surface area contributed by atoms with Gasteiger partial charge in [-0.3, -0.25) is 24.2 Å². The average molecular weight is 1640 g/mol. The van der Waals surface area contributed by atoms with Gasteiger partial charge in [0.25, 0.3) is 0 Å². The largest absolute Gasteiger partial charge is 0.480 e. The van der Waals surface area contributed by atoms with Crippen LogP contribution in [0.3, 0.4) is 0 Å². The van der Waals surface area contributed by atoms with E-state index in [-0.39, 0.29) is 47.9 Å². The lowest BCUT2D eigenvalue weighted by Crippen LogP contribution is -2.63. The first-order chi connectivity index (χ1) is 54.1. The molecule has 117 heavy (non-hydrogen) atoms. The number of carboxylic acids is 4. The van der Waals surface area contributed by atoms with Crippen molar-refractivity contribution in [3.8, 4) is 0 Å². The highest BCUT2D eigenvalue weighted by Gasteiger charge is 2.49. The molecule has 0 fully saturated rings. The number of Topliss-reactive ketones (excluding diaryl/α,β-unsaturated/α-hetero) is 1. The molecule has 0 bridgehead atoms. The van der Waals surface area contributed by atoms with Crippen LogP contribution in [0.25, 0.3) is 0 Å². The summed E-state index contributed by atoms with van der Waals surface area (Å²) in [5.74, 6) is -4.23. The van der Waals surface area contributed by atoms with Crippen LogP contribution in [0.1, 0.15) is 113 Å². The van der Waals surface area contributed by atoms with Crippen LogP contribution in [-0.4, -0.2) is 144 Å². The van der Waals surface area contributed by atoms with E-state index in [0.717, 1.165) is 70.9 Å². The van der Waals surface area contributed by atoms with Gasteiger partial charge >= 0.3 is 31.0 Å². The van der Waals surface area contributed by atoms with E-state index in [2.05, 4.69) is 53.8 Å². The Morgan fingerprint density at radius 1 is 0.393 bits per heavy atom. The summed E-state index contributed by atoms with van der Waals surface area (Å²) in [6.45, 7) is 9.02. The number of aliphatic hydroxyl groups is 4. The minimum Gasteiger partial charge on any atom is -0.480 e. The van der Waals surface area contributed by atoms with E-state index < -0.39 is 77.8 Å². The Morgan fingerprint density at radius 2 is 0.641 bits per heavy atom. The van der Waals surface area contributed by atoms with Crippen LogP contribution in [-0.2, 0) is 88.9 Å². The molecule has 0 aliphatic carbocycles. The highest BCUT2D eigenvalue weighted by Crippen LogP contribution is 2.30. The molecule has 3 unspecified atom stereocenters. The second-order valence-corrected chi connectivity index (χ2v) is 27.5. The highest BCUT2D eigenvalue weighted by atomic mass is 35.5. The minimum absolute atomic E-state index is 0. The molecule has 13 N–H and O–H groups in total. The molecule has 0 heterocycles. The first-order valence-corrected chi connectivity index (χ1v) is 37.6. The third-order valence-electron chi connectivity index (χ3n) is 17.8. The predicted octanol–water partition coefficient (Wildman–Crippen LogP) is 16.0. The second kappa shape index (κ2) is 59.2. The number of benzene rings is 10. The van der Waals surface area contributed by atoms with E-state index in [9.17, 15) is 54.6 Å². The lowest BCUT2D eigenvalue weighted by atomic mass is 9.85. The molecule has 0 aliphatic rings. The van der Waals surface area contributed by atoms with Crippen molar-refractivity contribution in [3.05, 3.63) is 383 Å². The predicted molar refractivity (Wildman–Crippen MR) is 475 cm³/mol. The second-order valence-electron chi connectivity index (χ2n) is 26.7. The number of aliphatic hydroxyl groups excluding tert-OH is 4. The van der Waals surface area contributed by atoms with E-state index >= 15 is 0 Å². The van der Waals surface area contributed by atoms with E-state index in [1.165, 1.54) is 30.9 Å². The number of rotatable bonds is 32. The zero-order valence-electron chi connectivity index (χ0n) is 64.1. The summed E-state index contributed by atoms with van der Waals surface area (Å²) in [7, 11) is -1.34. The van der Waals surface area contributed by atoms with Crippen molar-refractivity contribution in [1.29, 1.82) is 0 Å². The minimum atomic E-state index is -1.87. The molecular formula is C95H121BCl2N4O15. The number of ketones is 1. The van der Waals surface area contributed by atoms with E-state index in [1.807, 2.05) is 248 Å². The maximum Gasteiger partial charge on any atom is 0.480 e. The molecule has 10 rings (SSSR count). The van der Waals surface area contributed by atoms with Crippen LogP contribution in [0.2, 0.25) is 0 Å². The zero-order valence-corrected chi connectivity index (χ0v) is 65.6. The van der Waals surface area contributed by atoms with Crippen LogP contribution >= 0.6 is 23.2 Å². The van der Waals surface area contributed by atoms with Gasteiger partial charge in [0.1, 0.15) is 28.8 Å². The number of allylic oxidation sites excluding steroid dienone is 2. The maximum atomic E-state index is 12.5. The van der Waals surface area contributed by atoms with Crippen molar-refractivity contribution < 1.29 is 74.9 Å². The Kier molecular flexibility index (Phi) is 53.9. The summed E-state index contributed by atoms with van der Waals surface area (Å²) < 4.78 is 0. The molecule has 0 aliphatic heterocycles. The number of halogens is 2. The molecule has 0 spiro atoms. The molecular weight excluding hydrogens is 1520 g/mol. The Morgan fingerprint density at radius 3 is 0.897 bits per heavy atom. The zero-order chi connectivity index (χ0) is 82.9. The SMILES string of the molecule is C.C.C.C.CC(/C=C/Cc1ccccc1)(C(=O)O)N(Cc1ccccc1)Cc1ccccc1.CC(=O)C(=O)O.CC(C(=O)O)([C@@H](O)[C@H](O)Cc1ccccc1)N(Cc1ccccc1)Cc1ccccc1.CC(N)(C(=O)O)[C@@H](O)[C@H](O)Cc1ccccc1.ClCCl.OB(O)/C=C/Cc1ccccc1.c1ccc(CNCc2ccccc2)cc1. The van der Waals surface area contributed by atoms with Gasteiger partial charge < -0.3 is 62.0 Å². The molecule has 0 aromatic heterocycles. The number of carbonyl (C=O) groups excluding carboxylic acids is 1. The molecule has 0 amide bonds. The molecule has 22 heteroatoms. The van der Waals surface area contributed by atoms with E-state index in [4.69, 9.17) is 49.2 Å². The number of carboxylic acid groups (broad SMARTS) is 4. The van der Waals surface area contributed by atoms with Crippen molar-refractivity contribution in [2.75, 3.05) is 5.34 Å².